The van der Waals surface area contributed by atoms with E-state index in [1.807, 2.05) is 18.2 Å². The highest BCUT2D eigenvalue weighted by Gasteiger charge is 2.09. The minimum atomic E-state index is -0.324. The summed E-state index contributed by atoms with van der Waals surface area (Å²) in [5.41, 5.74) is 1.17. The van der Waals surface area contributed by atoms with Crippen LogP contribution in [0.5, 0.6) is 11.5 Å². The molecule has 2 rings (SSSR count). The van der Waals surface area contributed by atoms with Gasteiger partial charge in [-0.2, -0.15) is 0 Å². The Labute approximate surface area is 133 Å². The van der Waals surface area contributed by atoms with E-state index in [9.17, 15) is 4.39 Å². The lowest BCUT2D eigenvalue weighted by Gasteiger charge is -2.17. The monoisotopic (exact) mass is 351 g/mol. The summed E-state index contributed by atoms with van der Waals surface area (Å²) in [4.78, 5) is 0. The van der Waals surface area contributed by atoms with Crippen molar-refractivity contribution in [2.24, 2.45) is 0 Å². The molecule has 112 valence electrons. The largest absolute Gasteiger partial charge is 0.457 e. The molecule has 0 amide bonds. The van der Waals surface area contributed by atoms with Gasteiger partial charge < -0.3 is 10.1 Å². The van der Waals surface area contributed by atoms with Crippen LogP contribution in [0, 0.1) is 5.82 Å². The van der Waals surface area contributed by atoms with Crippen molar-refractivity contribution in [2.45, 2.75) is 26.3 Å². The first-order chi connectivity index (χ1) is 10.1. The number of benzene rings is 2. The Morgan fingerprint density at radius 1 is 1.14 bits per heavy atom. The number of ether oxygens (including phenoxy) is 1. The lowest BCUT2D eigenvalue weighted by atomic mass is 10.0. The van der Waals surface area contributed by atoms with Crippen molar-refractivity contribution in [2.75, 3.05) is 6.54 Å². The molecule has 0 radical (unpaired) electrons. The van der Waals surface area contributed by atoms with E-state index in [1.165, 1.54) is 17.7 Å². The van der Waals surface area contributed by atoms with Crippen LogP contribution in [0.15, 0.2) is 46.9 Å². The van der Waals surface area contributed by atoms with Crippen molar-refractivity contribution in [1.29, 1.82) is 0 Å². The first-order valence-corrected chi connectivity index (χ1v) is 7.89. The molecule has 1 atom stereocenters. The van der Waals surface area contributed by atoms with Crippen molar-refractivity contribution in [1.82, 2.24) is 5.32 Å². The van der Waals surface area contributed by atoms with Gasteiger partial charge in [0, 0.05) is 16.6 Å². The van der Waals surface area contributed by atoms with Crippen LogP contribution in [0.1, 0.15) is 31.9 Å². The van der Waals surface area contributed by atoms with Gasteiger partial charge in [-0.1, -0.05) is 41.9 Å². The van der Waals surface area contributed by atoms with Crippen molar-refractivity contribution in [3.63, 3.8) is 0 Å². The quantitative estimate of drug-likeness (QED) is 0.747. The predicted octanol–water partition coefficient (Wildman–Crippen LogP) is 5.44. The zero-order valence-electron chi connectivity index (χ0n) is 12.2. The molecule has 0 aliphatic carbocycles. The number of nitrogens with one attached hydrogen (secondary N) is 1. The van der Waals surface area contributed by atoms with Crippen LogP contribution in [-0.2, 0) is 0 Å². The molecule has 4 heteroatoms. The van der Waals surface area contributed by atoms with Gasteiger partial charge in [0.05, 0.1) is 0 Å². The third-order valence-corrected chi connectivity index (χ3v) is 3.65. The molecule has 0 aliphatic heterocycles. The molecule has 0 heterocycles. The van der Waals surface area contributed by atoms with Crippen LogP contribution in [-0.4, -0.2) is 6.54 Å². The van der Waals surface area contributed by atoms with E-state index in [1.54, 1.807) is 6.07 Å². The Hall–Kier alpha value is -1.39. The minimum Gasteiger partial charge on any atom is -0.457 e. The number of hydrogen-bond donors (Lipinski definition) is 1. The van der Waals surface area contributed by atoms with Crippen molar-refractivity contribution < 1.29 is 9.13 Å². The van der Waals surface area contributed by atoms with E-state index in [-0.39, 0.29) is 5.82 Å². The third-order valence-electron chi connectivity index (χ3n) is 3.19. The molecular formula is C17H19BrFNO. The average molecular weight is 352 g/mol. The van der Waals surface area contributed by atoms with Gasteiger partial charge in [-0.15, -0.1) is 0 Å². The Balaban J connectivity index is 2.20. The lowest BCUT2D eigenvalue weighted by Crippen LogP contribution is -2.19. The maximum absolute atomic E-state index is 13.4. The number of halogens is 2. The fourth-order valence-corrected chi connectivity index (χ4v) is 2.71. The summed E-state index contributed by atoms with van der Waals surface area (Å²) in [6.45, 7) is 5.15. The average Bonchev–Trinajstić information content (AvgIpc) is 2.44. The topological polar surface area (TPSA) is 21.3 Å². The summed E-state index contributed by atoms with van der Waals surface area (Å²) in [5.74, 6) is 0.867. The van der Waals surface area contributed by atoms with Crippen LogP contribution < -0.4 is 10.1 Å². The number of hydrogen-bond acceptors (Lipinski definition) is 2. The summed E-state index contributed by atoms with van der Waals surface area (Å²) in [7, 11) is 0. The second-order valence-electron chi connectivity index (χ2n) is 4.80. The molecule has 0 spiro atoms. The SMILES string of the molecule is CCNC(CC)c1cccc(Oc2cc(F)cc(Br)c2)c1. The Bertz CT molecular complexity index is 583. The summed E-state index contributed by atoms with van der Waals surface area (Å²) < 4.78 is 19.8. The van der Waals surface area contributed by atoms with E-state index in [2.05, 4.69) is 41.2 Å². The van der Waals surface area contributed by atoms with Gasteiger partial charge in [0.2, 0.25) is 0 Å². The van der Waals surface area contributed by atoms with Crippen LogP contribution >= 0.6 is 15.9 Å². The smallest absolute Gasteiger partial charge is 0.131 e. The predicted molar refractivity (Wildman–Crippen MR) is 87.3 cm³/mol. The summed E-state index contributed by atoms with van der Waals surface area (Å²) in [5, 5.41) is 3.43. The van der Waals surface area contributed by atoms with E-state index < -0.39 is 0 Å². The van der Waals surface area contributed by atoms with Gasteiger partial charge in [-0.3, -0.25) is 0 Å². The van der Waals surface area contributed by atoms with Crippen molar-refractivity contribution >= 4 is 15.9 Å². The summed E-state index contributed by atoms with van der Waals surface area (Å²) >= 11 is 3.27. The van der Waals surface area contributed by atoms with E-state index in [0.717, 1.165) is 13.0 Å². The molecule has 0 aliphatic rings. The van der Waals surface area contributed by atoms with E-state index in [4.69, 9.17) is 4.74 Å². The molecule has 0 bridgehead atoms. The lowest BCUT2D eigenvalue weighted by molar-refractivity contribution is 0.472. The standard InChI is InChI=1S/C17H19BrFNO/c1-3-17(20-4-2)12-6-5-7-15(8-12)21-16-10-13(18)9-14(19)11-16/h5-11,17,20H,3-4H2,1-2H3. The first-order valence-electron chi connectivity index (χ1n) is 7.09. The molecule has 0 saturated carbocycles. The normalized spacial score (nSPS) is 12.2. The fourth-order valence-electron chi connectivity index (χ4n) is 2.26. The second-order valence-corrected chi connectivity index (χ2v) is 5.71. The van der Waals surface area contributed by atoms with Crippen LogP contribution in [0.3, 0.4) is 0 Å². The zero-order valence-corrected chi connectivity index (χ0v) is 13.8. The molecule has 2 aromatic carbocycles. The third kappa shape index (κ3) is 4.55. The minimum absolute atomic E-state index is 0.304. The molecule has 21 heavy (non-hydrogen) atoms. The van der Waals surface area contributed by atoms with E-state index in [0.29, 0.717) is 22.0 Å². The highest BCUT2D eigenvalue weighted by Crippen LogP contribution is 2.28. The molecule has 0 aromatic heterocycles. The molecule has 0 saturated heterocycles. The molecular weight excluding hydrogens is 333 g/mol. The highest BCUT2D eigenvalue weighted by atomic mass is 79.9. The zero-order chi connectivity index (χ0) is 15.2. The molecule has 0 fully saturated rings. The maximum atomic E-state index is 13.4. The number of rotatable bonds is 6. The van der Waals surface area contributed by atoms with Gasteiger partial charge in [0.1, 0.15) is 17.3 Å². The molecule has 1 N–H and O–H groups in total. The Morgan fingerprint density at radius 2 is 1.95 bits per heavy atom. The highest BCUT2D eigenvalue weighted by molar-refractivity contribution is 9.10. The Morgan fingerprint density at radius 3 is 2.62 bits per heavy atom. The maximum Gasteiger partial charge on any atom is 0.131 e. The van der Waals surface area contributed by atoms with Gasteiger partial charge in [-0.25, -0.2) is 4.39 Å². The van der Waals surface area contributed by atoms with E-state index >= 15 is 0 Å². The van der Waals surface area contributed by atoms with Crippen molar-refractivity contribution in [3.8, 4) is 11.5 Å². The fraction of sp³-hybridized carbons (Fsp3) is 0.294. The van der Waals surface area contributed by atoms with Gasteiger partial charge in [-0.05, 0) is 42.8 Å². The van der Waals surface area contributed by atoms with Gasteiger partial charge in [0.15, 0.2) is 0 Å². The molecule has 1 unspecified atom stereocenters. The van der Waals surface area contributed by atoms with Gasteiger partial charge in [0.25, 0.3) is 0 Å². The van der Waals surface area contributed by atoms with Crippen LogP contribution in [0.2, 0.25) is 0 Å². The first kappa shape index (κ1) is 16.0. The summed E-state index contributed by atoms with van der Waals surface area (Å²) in [6.07, 6.45) is 1.00. The summed E-state index contributed by atoms with van der Waals surface area (Å²) in [6, 6.07) is 12.7. The van der Waals surface area contributed by atoms with Crippen LogP contribution in [0.25, 0.3) is 0 Å². The molecule has 2 nitrogen and oxygen atoms in total. The Kier molecular flexibility index (Phi) is 5.76. The molecule has 2 aromatic rings. The van der Waals surface area contributed by atoms with Gasteiger partial charge >= 0.3 is 0 Å². The second kappa shape index (κ2) is 7.57. The van der Waals surface area contributed by atoms with Crippen LogP contribution in [0.4, 0.5) is 4.39 Å². The van der Waals surface area contributed by atoms with Crippen molar-refractivity contribution in [3.05, 3.63) is 58.3 Å².